The van der Waals surface area contributed by atoms with Crippen LogP contribution in [0.15, 0.2) is 33.5 Å². The summed E-state index contributed by atoms with van der Waals surface area (Å²) in [5, 5.41) is 2.65. The molecule has 0 aliphatic rings. The molecule has 0 radical (unpaired) electrons. The van der Waals surface area contributed by atoms with Crippen LogP contribution >= 0.6 is 0 Å². The summed E-state index contributed by atoms with van der Waals surface area (Å²) in [5.74, 6) is -0.133. The summed E-state index contributed by atoms with van der Waals surface area (Å²) in [6.45, 7) is 1.44. The van der Waals surface area contributed by atoms with Crippen LogP contribution in [0.2, 0.25) is 0 Å². The van der Waals surface area contributed by atoms with Gasteiger partial charge in [-0.25, -0.2) is 12.9 Å². The number of carbonyl (C=O) groups is 1. The number of amides is 1. The molecule has 1 N–H and O–H groups in total. The number of hydrogen-bond acceptors (Lipinski definition) is 3. The second-order valence-corrected chi connectivity index (χ2v) is 6.26. The zero-order valence-corrected chi connectivity index (χ0v) is 11.2. The zero-order chi connectivity index (χ0) is 13.1. The minimum Gasteiger partial charge on any atom is -0.326 e. The average Bonchev–Trinajstić information content (AvgIpc) is 2.28. The second kappa shape index (κ2) is 5.29. The van der Waals surface area contributed by atoms with Gasteiger partial charge in [-0.1, -0.05) is 0 Å². The van der Waals surface area contributed by atoms with Gasteiger partial charge in [0.25, 0.3) is 0 Å². The van der Waals surface area contributed by atoms with Crippen LogP contribution in [0.1, 0.15) is 6.92 Å². The fourth-order valence-corrected chi connectivity index (χ4v) is 2.85. The largest absolute Gasteiger partial charge is 0.326 e. The van der Waals surface area contributed by atoms with Crippen LogP contribution in [0, 0.1) is 0 Å². The Morgan fingerprint density at radius 3 is 2.18 bits per heavy atom. The third-order valence-electron chi connectivity index (χ3n) is 2.22. The predicted molar refractivity (Wildman–Crippen MR) is 69.2 cm³/mol. The maximum Gasteiger partial charge on any atom is 0.221 e. The minimum absolute atomic E-state index is 0.133. The van der Waals surface area contributed by atoms with Gasteiger partial charge in [-0.2, -0.15) is 0 Å². The van der Waals surface area contributed by atoms with E-state index in [1.807, 2.05) is 0 Å². The molecule has 0 bridgehead atoms. The van der Waals surface area contributed by atoms with Crippen molar-refractivity contribution in [3.63, 3.8) is 0 Å². The van der Waals surface area contributed by atoms with E-state index in [-0.39, 0.29) is 5.91 Å². The van der Waals surface area contributed by atoms with Crippen LogP contribution < -0.4 is 5.32 Å². The molecule has 0 aliphatic heterocycles. The lowest BCUT2D eigenvalue weighted by molar-refractivity contribution is -0.114. The van der Waals surface area contributed by atoms with E-state index < -0.39 is 9.92 Å². The molecule has 0 spiro atoms. The van der Waals surface area contributed by atoms with Crippen LogP contribution in [0.3, 0.4) is 0 Å². The molecule has 1 unspecified atom stereocenters. The summed E-state index contributed by atoms with van der Waals surface area (Å²) in [6.07, 6.45) is 0. The van der Waals surface area contributed by atoms with Crippen molar-refractivity contribution in [1.82, 2.24) is 4.31 Å². The normalized spacial score (nSPS) is 14.2. The van der Waals surface area contributed by atoms with Crippen LogP contribution in [0.5, 0.6) is 0 Å². The Kier molecular flexibility index (Phi) is 4.25. The number of nitrogens with one attached hydrogen (secondary N) is 1. The smallest absolute Gasteiger partial charge is 0.221 e. The molecule has 0 aromatic heterocycles. The van der Waals surface area contributed by atoms with Crippen molar-refractivity contribution < 1.29 is 9.00 Å². The Hall–Kier alpha value is -1.40. The molecular formula is C11H17N3O2S. The molecular weight excluding hydrogens is 238 g/mol. The lowest BCUT2D eigenvalue weighted by Crippen LogP contribution is -2.22. The van der Waals surface area contributed by atoms with E-state index in [0.717, 1.165) is 0 Å². The molecule has 0 saturated heterocycles. The summed E-state index contributed by atoms with van der Waals surface area (Å²) in [7, 11) is 2.45. The average molecular weight is 255 g/mol. The number of nitrogens with zero attached hydrogens (tertiary/aromatic N) is 2. The van der Waals surface area contributed by atoms with Crippen molar-refractivity contribution in [3.05, 3.63) is 24.3 Å². The van der Waals surface area contributed by atoms with Gasteiger partial charge in [0.05, 0.1) is 4.90 Å². The Balaban J connectivity index is 3.11. The predicted octanol–water partition coefficient (Wildman–Crippen LogP) is 1.58. The van der Waals surface area contributed by atoms with Gasteiger partial charge in [-0.3, -0.25) is 4.79 Å². The van der Waals surface area contributed by atoms with Crippen LogP contribution in [0.4, 0.5) is 5.69 Å². The van der Waals surface area contributed by atoms with Gasteiger partial charge in [-0.15, -0.1) is 0 Å². The highest BCUT2D eigenvalue weighted by Gasteiger charge is 2.14. The Labute approximate surface area is 102 Å². The van der Waals surface area contributed by atoms with Crippen molar-refractivity contribution in [1.29, 1.82) is 0 Å². The van der Waals surface area contributed by atoms with Gasteiger partial charge in [0.2, 0.25) is 5.91 Å². The molecule has 1 atom stereocenters. The molecule has 17 heavy (non-hydrogen) atoms. The highest BCUT2D eigenvalue weighted by Crippen LogP contribution is 2.18. The second-order valence-electron chi connectivity index (χ2n) is 3.70. The monoisotopic (exact) mass is 255 g/mol. The first-order chi connectivity index (χ1) is 7.90. The van der Waals surface area contributed by atoms with E-state index in [1.54, 1.807) is 42.7 Å². The molecule has 1 rings (SSSR count). The Bertz CT molecular complexity index is 514. The summed E-state index contributed by atoms with van der Waals surface area (Å²) in [6, 6.07) is 6.84. The van der Waals surface area contributed by atoms with Crippen molar-refractivity contribution in [2.75, 3.05) is 26.5 Å². The molecule has 0 aliphatic carbocycles. The third-order valence-corrected chi connectivity index (χ3v) is 4.60. The van der Waals surface area contributed by atoms with Gasteiger partial charge in [0, 0.05) is 33.8 Å². The van der Waals surface area contributed by atoms with Gasteiger partial charge in [0.15, 0.2) is 0 Å². The number of benzene rings is 1. The van der Waals surface area contributed by atoms with Gasteiger partial charge in [0.1, 0.15) is 9.92 Å². The standard InChI is InChI=1S/C11H17N3O2S/c1-9(15)13-10-5-7-11(8-6-10)17(16,12-2)14(3)4/h5-8H,1-4H3,(H,13,15). The molecule has 5 nitrogen and oxygen atoms in total. The number of hydrogen-bond donors (Lipinski definition) is 1. The molecule has 94 valence electrons. The van der Waals surface area contributed by atoms with Crippen molar-refractivity contribution in [2.24, 2.45) is 4.36 Å². The lowest BCUT2D eigenvalue weighted by Gasteiger charge is -2.16. The van der Waals surface area contributed by atoms with Crippen LogP contribution in [-0.2, 0) is 14.7 Å². The Morgan fingerprint density at radius 1 is 1.29 bits per heavy atom. The van der Waals surface area contributed by atoms with Crippen molar-refractivity contribution in [3.8, 4) is 0 Å². The van der Waals surface area contributed by atoms with Crippen LogP contribution in [-0.4, -0.2) is 35.6 Å². The number of anilines is 1. The molecule has 1 aromatic carbocycles. The molecule has 1 amide bonds. The van der Waals surface area contributed by atoms with E-state index in [0.29, 0.717) is 10.6 Å². The first-order valence-electron chi connectivity index (χ1n) is 5.10. The van der Waals surface area contributed by atoms with E-state index in [9.17, 15) is 9.00 Å². The summed E-state index contributed by atoms with van der Waals surface area (Å²) in [5.41, 5.74) is 0.679. The molecule has 0 fully saturated rings. The zero-order valence-electron chi connectivity index (χ0n) is 10.4. The SMILES string of the molecule is CN=S(=O)(c1ccc(NC(C)=O)cc1)N(C)C. The van der Waals surface area contributed by atoms with E-state index in [1.165, 1.54) is 14.0 Å². The molecule has 0 heterocycles. The topological polar surface area (TPSA) is 61.8 Å². The van der Waals surface area contributed by atoms with Crippen LogP contribution in [0.25, 0.3) is 0 Å². The number of rotatable bonds is 3. The maximum atomic E-state index is 12.5. The molecule has 0 saturated carbocycles. The first kappa shape index (κ1) is 13.7. The minimum atomic E-state index is -2.52. The quantitative estimate of drug-likeness (QED) is 0.891. The van der Waals surface area contributed by atoms with Crippen molar-refractivity contribution in [2.45, 2.75) is 11.8 Å². The Morgan fingerprint density at radius 2 is 1.82 bits per heavy atom. The third kappa shape index (κ3) is 3.04. The van der Waals surface area contributed by atoms with E-state index in [2.05, 4.69) is 9.68 Å². The van der Waals surface area contributed by atoms with Gasteiger partial charge < -0.3 is 5.32 Å². The van der Waals surface area contributed by atoms with Gasteiger partial charge >= 0.3 is 0 Å². The molecule has 6 heteroatoms. The highest BCUT2D eigenvalue weighted by molar-refractivity contribution is 7.91. The summed E-state index contributed by atoms with van der Waals surface area (Å²) >= 11 is 0. The highest BCUT2D eigenvalue weighted by atomic mass is 32.2. The summed E-state index contributed by atoms with van der Waals surface area (Å²) < 4.78 is 18.0. The van der Waals surface area contributed by atoms with E-state index in [4.69, 9.17) is 0 Å². The fourth-order valence-electron chi connectivity index (χ4n) is 1.40. The van der Waals surface area contributed by atoms with Gasteiger partial charge in [-0.05, 0) is 24.3 Å². The number of carbonyl (C=O) groups excluding carboxylic acids is 1. The lowest BCUT2D eigenvalue weighted by atomic mass is 10.3. The molecule has 1 aromatic rings. The summed E-state index contributed by atoms with van der Waals surface area (Å²) in [4.78, 5) is 11.5. The van der Waals surface area contributed by atoms with Crippen molar-refractivity contribution >= 4 is 21.5 Å². The van der Waals surface area contributed by atoms with E-state index >= 15 is 0 Å². The first-order valence-corrected chi connectivity index (χ1v) is 6.57. The maximum absolute atomic E-state index is 12.5. The fraction of sp³-hybridized carbons (Fsp3) is 0.364.